The summed E-state index contributed by atoms with van der Waals surface area (Å²) in [6.45, 7) is 6.90. The van der Waals surface area contributed by atoms with Gasteiger partial charge in [0, 0.05) is 16.5 Å². The second-order valence-electron chi connectivity index (χ2n) is 3.34. The predicted molar refractivity (Wildman–Crippen MR) is 62.2 cm³/mol. The normalized spacial score (nSPS) is 16.3. The lowest BCUT2D eigenvalue weighted by atomic mass is 10.1. The molecule has 0 atom stereocenters. The van der Waals surface area contributed by atoms with Crippen LogP contribution in [0.5, 0.6) is 0 Å². The number of benzene rings is 1. The van der Waals surface area contributed by atoms with Crippen LogP contribution in [0.25, 0.3) is 10.4 Å². The maximum absolute atomic E-state index is 11.7. The first-order chi connectivity index (χ1) is 7.67. The summed E-state index contributed by atoms with van der Waals surface area (Å²) in [5.41, 5.74) is 1.85. The topological polar surface area (TPSA) is 45.2 Å². The number of carbonyl (C=O) groups excluding carboxylic acids is 1. The fourth-order valence-electron chi connectivity index (χ4n) is 1.73. The second kappa shape index (κ2) is 3.92. The molecule has 1 aliphatic carbocycles. The molecule has 0 saturated carbocycles. The van der Waals surface area contributed by atoms with Gasteiger partial charge >= 0.3 is 0 Å². The summed E-state index contributed by atoms with van der Waals surface area (Å²) in [6, 6.07) is 7.13. The van der Waals surface area contributed by atoms with Gasteiger partial charge in [0.15, 0.2) is 5.78 Å². The largest absolute Gasteiger partial charge is 0.294 e. The van der Waals surface area contributed by atoms with Gasteiger partial charge in [-0.1, -0.05) is 22.0 Å². The van der Waals surface area contributed by atoms with Gasteiger partial charge in [-0.05, 0) is 23.3 Å². The van der Waals surface area contributed by atoms with Crippen LogP contribution in [-0.4, -0.2) is 5.78 Å². The number of nitriles is 1. The SMILES string of the molecule is [C-]#[N+]/C(C#N)=C1/CC(=O)c2cc(Br)ccc21. The Balaban J connectivity index is 2.72. The highest BCUT2D eigenvalue weighted by Crippen LogP contribution is 2.36. The molecule has 16 heavy (non-hydrogen) atoms. The Morgan fingerprint density at radius 3 is 2.88 bits per heavy atom. The summed E-state index contributed by atoms with van der Waals surface area (Å²) < 4.78 is 0.821. The number of Topliss-reactive ketones (excluding diaryl/α,β-unsaturated/α-hetero) is 1. The van der Waals surface area contributed by atoms with E-state index in [2.05, 4.69) is 20.8 Å². The van der Waals surface area contributed by atoms with E-state index in [1.165, 1.54) is 0 Å². The van der Waals surface area contributed by atoms with Gasteiger partial charge < -0.3 is 0 Å². The molecular weight excluding hydrogens is 268 g/mol. The first-order valence-corrected chi connectivity index (χ1v) is 5.30. The molecule has 0 bridgehead atoms. The van der Waals surface area contributed by atoms with Crippen LogP contribution in [-0.2, 0) is 0 Å². The van der Waals surface area contributed by atoms with Crippen molar-refractivity contribution in [3.63, 3.8) is 0 Å². The Bertz CT molecular complexity index is 586. The van der Waals surface area contributed by atoms with E-state index in [1.54, 1.807) is 18.2 Å². The lowest BCUT2D eigenvalue weighted by Crippen LogP contribution is -1.89. The number of nitrogens with zero attached hydrogens (tertiary/aromatic N) is 2. The highest BCUT2D eigenvalue weighted by Gasteiger charge is 2.26. The highest BCUT2D eigenvalue weighted by atomic mass is 79.9. The Morgan fingerprint density at radius 1 is 1.50 bits per heavy atom. The molecule has 2 rings (SSSR count). The molecule has 76 valence electrons. The van der Waals surface area contributed by atoms with E-state index < -0.39 is 0 Å². The summed E-state index contributed by atoms with van der Waals surface area (Å²) in [7, 11) is 0. The number of allylic oxidation sites excluding steroid dienone is 2. The van der Waals surface area contributed by atoms with Crippen molar-refractivity contribution in [1.29, 1.82) is 5.26 Å². The van der Waals surface area contributed by atoms with Crippen molar-refractivity contribution in [2.45, 2.75) is 6.42 Å². The van der Waals surface area contributed by atoms with E-state index in [0.717, 1.165) is 4.47 Å². The average Bonchev–Trinajstić information content (AvgIpc) is 2.58. The van der Waals surface area contributed by atoms with Crippen molar-refractivity contribution in [1.82, 2.24) is 0 Å². The van der Waals surface area contributed by atoms with E-state index in [9.17, 15) is 4.79 Å². The number of hydrogen-bond donors (Lipinski definition) is 0. The zero-order valence-corrected chi connectivity index (χ0v) is 9.71. The number of hydrogen-bond acceptors (Lipinski definition) is 2. The van der Waals surface area contributed by atoms with Crippen molar-refractivity contribution in [3.05, 3.63) is 50.9 Å². The van der Waals surface area contributed by atoms with Crippen molar-refractivity contribution in [2.75, 3.05) is 0 Å². The molecule has 3 nitrogen and oxygen atoms in total. The second-order valence-corrected chi connectivity index (χ2v) is 4.26. The summed E-state index contributed by atoms with van der Waals surface area (Å²) in [5.74, 6) is -0.0392. The van der Waals surface area contributed by atoms with Gasteiger partial charge in [0.1, 0.15) is 0 Å². The molecule has 0 N–H and O–H groups in total. The van der Waals surface area contributed by atoms with Crippen LogP contribution in [0.15, 0.2) is 28.4 Å². The monoisotopic (exact) mass is 272 g/mol. The van der Waals surface area contributed by atoms with E-state index in [1.807, 2.05) is 6.07 Å². The zero-order chi connectivity index (χ0) is 11.7. The van der Waals surface area contributed by atoms with Gasteiger partial charge in [-0.2, -0.15) is 0 Å². The average molecular weight is 273 g/mol. The quantitative estimate of drug-likeness (QED) is 0.538. The Kier molecular flexibility index (Phi) is 2.60. The van der Waals surface area contributed by atoms with Crippen LogP contribution in [0.3, 0.4) is 0 Å². The molecular formula is C12H5BrN2O. The van der Waals surface area contributed by atoms with Crippen molar-refractivity contribution >= 4 is 27.3 Å². The number of fused-ring (bicyclic) bond motifs is 1. The fourth-order valence-corrected chi connectivity index (χ4v) is 2.09. The van der Waals surface area contributed by atoms with Crippen LogP contribution in [0.4, 0.5) is 0 Å². The molecule has 0 heterocycles. The van der Waals surface area contributed by atoms with Gasteiger partial charge in [0.05, 0.1) is 12.6 Å². The summed E-state index contributed by atoms with van der Waals surface area (Å²) in [6.07, 6.45) is 0.150. The van der Waals surface area contributed by atoms with Crippen LogP contribution in [0.2, 0.25) is 0 Å². The molecule has 0 spiro atoms. The molecule has 0 unspecified atom stereocenters. The smallest absolute Gasteiger partial charge is 0.266 e. The van der Waals surface area contributed by atoms with Crippen LogP contribution in [0.1, 0.15) is 22.3 Å². The third kappa shape index (κ3) is 1.54. The van der Waals surface area contributed by atoms with Gasteiger partial charge in [0.25, 0.3) is 5.70 Å². The van der Waals surface area contributed by atoms with E-state index in [0.29, 0.717) is 16.7 Å². The standard InChI is InChI=1S/C12H5BrN2O/c1-15-11(6-14)9-5-12(16)10-4-7(13)2-3-8(9)10/h2-4H,5H2/b11-9-. The van der Waals surface area contributed by atoms with Gasteiger partial charge in [0.2, 0.25) is 0 Å². The predicted octanol–water partition coefficient (Wildman–Crippen LogP) is 3.19. The minimum Gasteiger partial charge on any atom is -0.294 e. The van der Waals surface area contributed by atoms with Crippen molar-refractivity contribution < 1.29 is 4.79 Å². The molecule has 1 aliphatic rings. The molecule has 1 aromatic rings. The number of carbonyl (C=O) groups is 1. The summed E-state index contributed by atoms with van der Waals surface area (Å²) in [5, 5.41) is 8.81. The minimum absolute atomic E-state index is 0.00872. The third-order valence-electron chi connectivity index (χ3n) is 2.45. The molecule has 1 aromatic carbocycles. The zero-order valence-electron chi connectivity index (χ0n) is 8.12. The van der Waals surface area contributed by atoms with Crippen molar-refractivity contribution in [2.24, 2.45) is 0 Å². The Hall–Kier alpha value is -1.91. The summed E-state index contributed by atoms with van der Waals surface area (Å²) in [4.78, 5) is 14.8. The number of rotatable bonds is 0. The van der Waals surface area contributed by atoms with E-state index in [-0.39, 0.29) is 17.9 Å². The summed E-state index contributed by atoms with van der Waals surface area (Å²) >= 11 is 3.29. The van der Waals surface area contributed by atoms with Gasteiger partial charge in [-0.25, -0.2) is 10.1 Å². The van der Waals surface area contributed by atoms with Gasteiger partial charge in [-0.15, -0.1) is 0 Å². The molecule has 0 aliphatic heterocycles. The maximum atomic E-state index is 11.7. The maximum Gasteiger partial charge on any atom is 0.266 e. The lowest BCUT2D eigenvalue weighted by molar-refractivity contribution is 0.100. The van der Waals surface area contributed by atoms with Crippen LogP contribution >= 0.6 is 15.9 Å². The first kappa shape index (κ1) is 10.6. The number of halogens is 1. The molecule has 0 fully saturated rings. The Labute approximate surface area is 101 Å². The third-order valence-corrected chi connectivity index (χ3v) is 2.94. The molecule has 4 heteroatoms. The molecule has 0 amide bonds. The first-order valence-electron chi connectivity index (χ1n) is 4.51. The fraction of sp³-hybridized carbons (Fsp3) is 0.0833. The molecule has 0 radical (unpaired) electrons. The highest BCUT2D eigenvalue weighted by molar-refractivity contribution is 9.10. The lowest BCUT2D eigenvalue weighted by Gasteiger charge is -1.99. The van der Waals surface area contributed by atoms with E-state index >= 15 is 0 Å². The molecule has 0 saturated heterocycles. The van der Waals surface area contributed by atoms with Crippen molar-refractivity contribution in [3.8, 4) is 6.07 Å². The Morgan fingerprint density at radius 2 is 2.25 bits per heavy atom. The number of ketones is 1. The minimum atomic E-state index is -0.0392. The van der Waals surface area contributed by atoms with Gasteiger partial charge in [-0.3, -0.25) is 4.79 Å². The van der Waals surface area contributed by atoms with E-state index in [4.69, 9.17) is 11.8 Å². The molecule has 0 aromatic heterocycles. The van der Waals surface area contributed by atoms with Crippen LogP contribution < -0.4 is 0 Å². The van der Waals surface area contributed by atoms with Crippen LogP contribution in [0, 0.1) is 17.9 Å².